The summed E-state index contributed by atoms with van der Waals surface area (Å²) in [7, 11) is 0. The monoisotopic (exact) mass is 287 g/mol. The van der Waals surface area contributed by atoms with E-state index in [1.807, 2.05) is 6.07 Å². The minimum absolute atomic E-state index is 0.0871. The molecule has 0 fully saturated rings. The Hall–Kier alpha value is -1.05. The van der Waals surface area contributed by atoms with E-state index < -0.39 is 5.97 Å². The standard InChI is InChI=1S/C10H7BrClNO2/c11-10-6(3-9(14)15)1-2-7(5-13)8(10)4-12/h1-2H,3-4H2,(H,14,15). The maximum Gasteiger partial charge on any atom is 0.307 e. The Kier molecular flexibility index (Phi) is 4.13. The van der Waals surface area contributed by atoms with Gasteiger partial charge in [0.25, 0.3) is 0 Å². The van der Waals surface area contributed by atoms with Gasteiger partial charge in [-0.1, -0.05) is 22.0 Å². The van der Waals surface area contributed by atoms with E-state index in [9.17, 15) is 4.79 Å². The Morgan fingerprint density at radius 2 is 2.27 bits per heavy atom. The number of halogens is 2. The molecule has 0 aliphatic rings. The van der Waals surface area contributed by atoms with Crippen LogP contribution in [0, 0.1) is 11.3 Å². The molecule has 0 aromatic heterocycles. The number of nitrogens with zero attached hydrogens (tertiary/aromatic N) is 1. The Labute approximate surface area is 100 Å². The van der Waals surface area contributed by atoms with Gasteiger partial charge in [-0.05, 0) is 17.2 Å². The molecule has 0 amide bonds. The largest absolute Gasteiger partial charge is 0.481 e. The van der Waals surface area contributed by atoms with Gasteiger partial charge < -0.3 is 5.11 Å². The lowest BCUT2D eigenvalue weighted by Crippen LogP contribution is -2.03. The predicted octanol–water partition coefficient (Wildman–Crippen LogP) is 2.69. The van der Waals surface area contributed by atoms with Gasteiger partial charge in [-0.3, -0.25) is 4.79 Å². The van der Waals surface area contributed by atoms with Crippen LogP contribution in [0.2, 0.25) is 0 Å². The number of carbonyl (C=O) groups is 1. The molecule has 0 spiro atoms. The van der Waals surface area contributed by atoms with Crippen LogP contribution in [0.4, 0.5) is 0 Å². The van der Waals surface area contributed by atoms with E-state index in [0.717, 1.165) is 0 Å². The van der Waals surface area contributed by atoms with Crippen LogP contribution in [0.25, 0.3) is 0 Å². The molecule has 0 saturated carbocycles. The molecule has 1 N–H and O–H groups in total. The van der Waals surface area contributed by atoms with Gasteiger partial charge in [0, 0.05) is 10.4 Å². The van der Waals surface area contributed by atoms with Crippen molar-refractivity contribution in [2.45, 2.75) is 12.3 Å². The van der Waals surface area contributed by atoms with Crippen molar-refractivity contribution in [2.75, 3.05) is 0 Å². The average molecular weight is 289 g/mol. The summed E-state index contributed by atoms with van der Waals surface area (Å²) >= 11 is 8.96. The van der Waals surface area contributed by atoms with Crippen LogP contribution in [-0.4, -0.2) is 11.1 Å². The van der Waals surface area contributed by atoms with Crippen LogP contribution in [0.3, 0.4) is 0 Å². The first kappa shape index (κ1) is 12.0. The third-order valence-electron chi connectivity index (χ3n) is 1.92. The van der Waals surface area contributed by atoms with Crippen molar-refractivity contribution in [3.63, 3.8) is 0 Å². The van der Waals surface area contributed by atoms with Crippen LogP contribution in [0.5, 0.6) is 0 Å². The second-order valence-corrected chi connectivity index (χ2v) is 3.94. The van der Waals surface area contributed by atoms with Crippen molar-refractivity contribution in [2.24, 2.45) is 0 Å². The number of rotatable bonds is 3. The predicted molar refractivity (Wildman–Crippen MR) is 59.8 cm³/mol. The summed E-state index contributed by atoms with van der Waals surface area (Å²) in [5.41, 5.74) is 1.72. The number of hydrogen-bond acceptors (Lipinski definition) is 2. The van der Waals surface area contributed by atoms with E-state index in [0.29, 0.717) is 21.2 Å². The summed E-state index contributed by atoms with van der Waals surface area (Å²) in [6, 6.07) is 5.21. The number of carboxylic acid groups (broad SMARTS) is 1. The van der Waals surface area contributed by atoms with Crippen molar-refractivity contribution in [3.05, 3.63) is 33.3 Å². The Bertz CT molecular complexity index is 440. The molecule has 0 bridgehead atoms. The Morgan fingerprint density at radius 1 is 1.60 bits per heavy atom. The van der Waals surface area contributed by atoms with Crippen molar-refractivity contribution in [1.82, 2.24) is 0 Å². The average Bonchev–Trinajstić information content (AvgIpc) is 2.20. The molecule has 0 heterocycles. The highest BCUT2D eigenvalue weighted by Crippen LogP contribution is 2.27. The van der Waals surface area contributed by atoms with E-state index in [-0.39, 0.29) is 12.3 Å². The number of aliphatic carboxylic acids is 1. The second-order valence-electron chi connectivity index (χ2n) is 2.88. The third kappa shape index (κ3) is 2.71. The molecule has 0 aliphatic heterocycles. The minimum atomic E-state index is -0.916. The summed E-state index contributed by atoms with van der Waals surface area (Å²) in [6.45, 7) is 0. The molecule has 1 aromatic carbocycles. The van der Waals surface area contributed by atoms with Crippen LogP contribution in [0.15, 0.2) is 16.6 Å². The van der Waals surface area contributed by atoms with Crippen LogP contribution in [-0.2, 0) is 17.1 Å². The van der Waals surface area contributed by atoms with Gasteiger partial charge in [-0.25, -0.2) is 0 Å². The molecule has 0 radical (unpaired) electrons. The van der Waals surface area contributed by atoms with Crippen LogP contribution < -0.4 is 0 Å². The van der Waals surface area contributed by atoms with E-state index in [4.69, 9.17) is 22.0 Å². The van der Waals surface area contributed by atoms with Gasteiger partial charge >= 0.3 is 5.97 Å². The molecule has 0 unspecified atom stereocenters. The van der Waals surface area contributed by atoms with Gasteiger partial charge in [-0.2, -0.15) is 5.26 Å². The highest BCUT2D eigenvalue weighted by atomic mass is 79.9. The fourth-order valence-corrected chi connectivity index (χ4v) is 2.27. The Balaban J connectivity index is 3.24. The molecule has 0 saturated heterocycles. The number of carboxylic acids is 1. The number of alkyl halides is 1. The number of nitriles is 1. The first-order valence-corrected chi connectivity index (χ1v) is 5.41. The molecule has 0 atom stereocenters. The van der Waals surface area contributed by atoms with Crippen LogP contribution in [0.1, 0.15) is 16.7 Å². The molecular weight excluding hydrogens is 281 g/mol. The van der Waals surface area contributed by atoms with E-state index in [1.54, 1.807) is 12.1 Å². The lowest BCUT2D eigenvalue weighted by molar-refractivity contribution is -0.136. The fraction of sp³-hybridized carbons (Fsp3) is 0.200. The normalized spacial score (nSPS) is 9.67. The highest BCUT2D eigenvalue weighted by molar-refractivity contribution is 9.10. The quantitative estimate of drug-likeness (QED) is 0.870. The molecular formula is C10H7BrClNO2. The summed E-state index contributed by atoms with van der Waals surface area (Å²) in [5.74, 6) is -0.738. The highest BCUT2D eigenvalue weighted by Gasteiger charge is 2.12. The van der Waals surface area contributed by atoms with Gasteiger partial charge in [0.15, 0.2) is 0 Å². The second kappa shape index (κ2) is 5.15. The fourth-order valence-electron chi connectivity index (χ4n) is 1.20. The van der Waals surface area contributed by atoms with Crippen molar-refractivity contribution >= 4 is 33.5 Å². The lowest BCUT2D eigenvalue weighted by Gasteiger charge is -2.07. The van der Waals surface area contributed by atoms with Gasteiger partial charge in [0.1, 0.15) is 0 Å². The SMILES string of the molecule is N#Cc1ccc(CC(=O)O)c(Br)c1CCl. The van der Waals surface area contributed by atoms with Gasteiger partial charge in [0.2, 0.25) is 0 Å². The Morgan fingerprint density at radius 3 is 2.73 bits per heavy atom. The van der Waals surface area contributed by atoms with Crippen molar-refractivity contribution < 1.29 is 9.90 Å². The number of benzene rings is 1. The molecule has 5 heteroatoms. The third-order valence-corrected chi connectivity index (χ3v) is 3.17. The summed E-state index contributed by atoms with van der Waals surface area (Å²) in [5, 5.41) is 17.5. The molecule has 3 nitrogen and oxygen atoms in total. The van der Waals surface area contributed by atoms with Gasteiger partial charge in [-0.15, -0.1) is 11.6 Å². The zero-order valence-corrected chi connectivity index (χ0v) is 9.97. The molecule has 0 aliphatic carbocycles. The smallest absolute Gasteiger partial charge is 0.307 e. The zero-order valence-electron chi connectivity index (χ0n) is 7.63. The van der Waals surface area contributed by atoms with E-state index in [2.05, 4.69) is 15.9 Å². The zero-order chi connectivity index (χ0) is 11.4. The maximum atomic E-state index is 10.6. The van der Waals surface area contributed by atoms with Crippen molar-refractivity contribution in [3.8, 4) is 6.07 Å². The summed E-state index contributed by atoms with van der Waals surface area (Å²) in [4.78, 5) is 10.6. The van der Waals surface area contributed by atoms with E-state index in [1.165, 1.54) is 0 Å². The van der Waals surface area contributed by atoms with Gasteiger partial charge in [0.05, 0.1) is 18.1 Å². The minimum Gasteiger partial charge on any atom is -0.481 e. The summed E-state index contributed by atoms with van der Waals surface area (Å²) < 4.78 is 0.610. The molecule has 78 valence electrons. The first-order valence-electron chi connectivity index (χ1n) is 4.08. The lowest BCUT2D eigenvalue weighted by atomic mass is 10.0. The first-order chi connectivity index (χ1) is 7.10. The van der Waals surface area contributed by atoms with E-state index >= 15 is 0 Å². The molecule has 1 rings (SSSR count). The summed E-state index contributed by atoms with van der Waals surface area (Å²) in [6.07, 6.45) is -0.0871. The van der Waals surface area contributed by atoms with Crippen molar-refractivity contribution in [1.29, 1.82) is 5.26 Å². The molecule has 15 heavy (non-hydrogen) atoms. The van der Waals surface area contributed by atoms with Crippen LogP contribution >= 0.6 is 27.5 Å². The maximum absolute atomic E-state index is 10.6. The molecule has 1 aromatic rings. The topological polar surface area (TPSA) is 61.1 Å². The number of hydrogen-bond donors (Lipinski definition) is 1.